The molecule has 0 bridgehead atoms. The third kappa shape index (κ3) is 3.56. The fourth-order valence-corrected chi connectivity index (χ4v) is 6.24. The first-order valence-electron chi connectivity index (χ1n) is 14.2. The van der Waals surface area contributed by atoms with Crippen LogP contribution in [0.25, 0.3) is 60.6 Å². The van der Waals surface area contributed by atoms with Crippen molar-refractivity contribution >= 4 is 56.3 Å². The zero-order valence-electron chi connectivity index (χ0n) is 23.6. The molecular weight excluding hydrogens is 505 g/mol. The highest BCUT2D eigenvalue weighted by atomic mass is 16.7. The summed E-state index contributed by atoms with van der Waals surface area (Å²) in [6, 6.07) is 38.6. The standard InChI is InChI=1S/C36H30BNO3/c1-35(2)36(3,4)41-37(40-35)29-21-20-25(33-28-15-9-11-17-32(28)39-34(29)33)23-18-19-27-26-14-8-10-16-30(26)38(31(27)22-23)24-12-6-5-7-13-24/h5-22H,1-4H3. The Balaban J connectivity index is 1.39. The zero-order valence-corrected chi connectivity index (χ0v) is 23.6. The maximum Gasteiger partial charge on any atom is 0.498 e. The van der Waals surface area contributed by atoms with Gasteiger partial charge in [0.15, 0.2) is 0 Å². The third-order valence-corrected chi connectivity index (χ3v) is 9.06. The largest absolute Gasteiger partial charge is 0.498 e. The summed E-state index contributed by atoms with van der Waals surface area (Å²) in [5.74, 6) is 0. The highest BCUT2D eigenvalue weighted by molar-refractivity contribution is 6.65. The summed E-state index contributed by atoms with van der Waals surface area (Å²) >= 11 is 0. The highest BCUT2D eigenvalue weighted by Crippen LogP contribution is 2.41. The number of hydrogen-bond acceptors (Lipinski definition) is 3. The number of aromatic nitrogens is 1. The number of rotatable bonds is 3. The molecule has 2 aromatic heterocycles. The summed E-state index contributed by atoms with van der Waals surface area (Å²) in [4.78, 5) is 0. The number of benzene rings is 5. The van der Waals surface area contributed by atoms with Gasteiger partial charge < -0.3 is 18.3 Å². The highest BCUT2D eigenvalue weighted by Gasteiger charge is 2.52. The smallest absolute Gasteiger partial charge is 0.456 e. The van der Waals surface area contributed by atoms with Gasteiger partial charge in [-0.05, 0) is 69.2 Å². The first-order valence-corrected chi connectivity index (χ1v) is 14.2. The topological polar surface area (TPSA) is 36.5 Å². The molecule has 0 unspecified atom stereocenters. The fraction of sp³-hybridized carbons (Fsp3) is 0.167. The fourth-order valence-electron chi connectivity index (χ4n) is 6.24. The molecule has 0 aliphatic carbocycles. The molecule has 0 spiro atoms. The number of para-hydroxylation sites is 3. The van der Waals surface area contributed by atoms with Crippen LogP contribution in [0.5, 0.6) is 0 Å². The van der Waals surface area contributed by atoms with Crippen molar-refractivity contribution in [3.63, 3.8) is 0 Å². The average molecular weight is 535 g/mol. The van der Waals surface area contributed by atoms with Gasteiger partial charge in [-0.3, -0.25) is 0 Å². The Hall–Kier alpha value is -4.32. The van der Waals surface area contributed by atoms with Crippen LogP contribution < -0.4 is 5.46 Å². The van der Waals surface area contributed by atoms with E-state index in [1.54, 1.807) is 0 Å². The van der Waals surface area contributed by atoms with Gasteiger partial charge in [-0.15, -0.1) is 0 Å². The lowest BCUT2D eigenvalue weighted by Crippen LogP contribution is -2.41. The SMILES string of the molecule is CC1(C)OB(c2ccc(-c3ccc4c5ccccc5n(-c5ccccc5)c4c3)c3c2oc2ccccc23)OC1(C)C. The van der Waals surface area contributed by atoms with Gasteiger partial charge in [0.1, 0.15) is 11.2 Å². The maximum atomic E-state index is 6.56. The van der Waals surface area contributed by atoms with Gasteiger partial charge in [0.25, 0.3) is 0 Å². The molecule has 5 aromatic carbocycles. The van der Waals surface area contributed by atoms with E-state index in [4.69, 9.17) is 13.7 Å². The van der Waals surface area contributed by atoms with E-state index in [1.165, 1.54) is 21.8 Å². The van der Waals surface area contributed by atoms with Gasteiger partial charge in [0, 0.05) is 32.7 Å². The van der Waals surface area contributed by atoms with E-state index in [1.807, 2.05) is 12.1 Å². The lowest BCUT2D eigenvalue weighted by Gasteiger charge is -2.32. The van der Waals surface area contributed by atoms with Crippen molar-refractivity contribution in [1.29, 1.82) is 0 Å². The predicted octanol–water partition coefficient (Wildman–Crippen LogP) is 8.65. The second-order valence-corrected chi connectivity index (χ2v) is 12.0. The van der Waals surface area contributed by atoms with Crippen LogP contribution in [0.15, 0.2) is 114 Å². The molecule has 0 N–H and O–H groups in total. The van der Waals surface area contributed by atoms with Crippen molar-refractivity contribution in [3.8, 4) is 16.8 Å². The van der Waals surface area contributed by atoms with Crippen molar-refractivity contribution in [2.24, 2.45) is 0 Å². The van der Waals surface area contributed by atoms with Crippen LogP contribution >= 0.6 is 0 Å². The van der Waals surface area contributed by atoms with E-state index in [9.17, 15) is 0 Å². The second kappa shape index (κ2) is 8.59. The molecule has 0 atom stereocenters. The molecule has 1 fully saturated rings. The van der Waals surface area contributed by atoms with E-state index in [0.717, 1.165) is 44.2 Å². The van der Waals surface area contributed by atoms with Gasteiger partial charge in [0.05, 0.1) is 22.2 Å². The normalized spacial score (nSPS) is 16.4. The third-order valence-electron chi connectivity index (χ3n) is 9.06. The summed E-state index contributed by atoms with van der Waals surface area (Å²) in [5, 5.41) is 4.64. The van der Waals surface area contributed by atoms with Crippen LogP contribution in [-0.4, -0.2) is 22.9 Å². The van der Waals surface area contributed by atoms with Crippen LogP contribution in [0.2, 0.25) is 0 Å². The Kier molecular flexibility index (Phi) is 5.13. The summed E-state index contributed by atoms with van der Waals surface area (Å²) in [6.45, 7) is 8.33. The minimum atomic E-state index is -0.514. The maximum absolute atomic E-state index is 6.56. The Bertz CT molecular complexity index is 2100. The molecule has 8 rings (SSSR count). The molecule has 5 heteroatoms. The minimum absolute atomic E-state index is 0.440. The van der Waals surface area contributed by atoms with Gasteiger partial charge >= 0.3 is 7.12 Å². The first-order chi connectivity index (χ1) is 19.8. The molecule has 1 aliphatic heterocycles. The number of furan rings is 1. The van der Waals surface area contributed by atoms with Crippen molar-refractivity contribution in [2.75, 3.05) is 0 Å². The lowest BCUT2D eigenvalue weighted by molar-refractivity contribution is 0.00578. The Labute approximate surface area is 239 Å². The second-order valence-electron chi connectivity index (χ2n) is 12.0. The first kappa shape index (κ1) is 24.5. The van der Waals surface area contributed by atoms with Crippen molar-refractivity contribution in [1.82, 2.24) is 4.57 Å². The molecule has 200 valence electrons. The lowest BCUT2D eigenvalue weighted by atomic mass is 9.77. The van der Waals surface area contributed by atoms with Crippen molar-refractivity contribution < 1.29 is 13.7 Å². The van der Waals surface area contributed by atoms with E-state index >= 15 is 0 Å². The number of nitrogens with zero attached hydrogens (tertiary/aromatic N) is 1. The monoisotopic (exact) mass is 535 g/mol. The van der Waals surface area contributed by atoms with Crippen LogP contribution in [0.1, 0.15) is 27.7 Å². The van der Waals surface area contributed by atoms with Crippen molar-refractivity contribution in [3.05, 3.63) is 109 Å². The summed E-state index contributed by atoms with van der Waals surface area (Å²) in [5.41, 5.74) is 7.47. The quantitative estimate of drug-likeness (QED) is 0.213. The van der Waals surface area contributed by atoms with Crippen LogP contribution in [-0.2, 0) is 9.31 Å². The minimum Gasteiger partial charge on any atom is -0.456 e. The number of hydrogen-bond donors (Lipinski definition) is 0. The van der Waals surface area contributed by atoms with E-state index in [0.29, 0.717) is 0 Å². The zero-order chi connectivity index (χ0) is 27.9. The summed E-state index contributed by atoms with van der Waals surface area (Å²) in [6.07, 6.45) is 0. The molecule has 0 amide bonds. The molecule has 41 heavy (non-hydrogen) atoms. The van der Waals surface area contributed by atoms with Crippen LogP contribution in [0.4, 0.5) is 0 Å². The molecule has 7 aromatic rings. The van der Waals surface area contributed by atoms with Gasteiger partial charge in [-0.25, -0.2) is 0 Å². The van der Waals surface area contributed by atoms with E-state index in [2.05, 4.69) is 129 Å². The van der Waals surface area contributed by atoms with Gasteiger partial charge in [-0.1, -0.05) is 78.9 Å². The van der Waals surface area contributed by atoms with E-state index in [-0.39, 0.29) is 0 Å². The predicted molar refractivity (Wildman–Crippen MR) is 169 cm³/mol. The molecule has 0 saturated carbocycles. The van der Waals surface area contributed by atoms with Gasteiger partial charge in [0.2, 0.25) is 0 Å². The van der Waals surface area contributed by atoms with Gasteiger partial charge in [-0.2, -0.15) is 0 Å². The summed E-state index contributed by atoms with van der Waals surface area (Å²) < 4.78 is 21.9. The summed E-state index contributed by atoms with van der Waals surface area (Å²) in [7, 11) is -0.514. The Morgan fingerprint density at radius 2 is 1.27 bits per heavy atom. The van der Waals surface area contributed by atoms with Crippen LogP contribution in [0, 0.1) is 0 Å². The molecule has 1 aliphatic rings. The average Bonchev–Trinajstić information content (AvgIpc) is 3.59. The van der Waals surface area contributed by atoms with Crippen LogP contribution in [0.3, 0.4) is 0 Å². The Morgan fingerprint density at radius 1 is 0.610 bits per heavy atom. The molecular formula is C36H30BNO3. The molecule has 1 saturated heterocycles. The molecule has 4 nitrogen and oxygen atoms in total. The molecule has 0 radical (unpaired) electrons. The Morgan fingerprint density at radius 3 is 2.05 bits per heavy atom. The number of fused-ring (bicyclic) bond motifs is 6. The van der Waals surface area contributed by atoms with E-state index < -0.39 is 18.3 Å². The van der Waals surface area contributed by atoms with Crippen molar-refractivity contribution in [2.45, 2.75) is 38.9 Å². The molecule has 3 heterocycles.